The van der Waals surface area contributed by atoms with Crippen LogP contribution in [0.1, 0.15) is 48.1 Å². The van der Waals surface area contributed by atoms with Gasteiger partial charge in [-0.3, -0.25) is 14.4 Å². The van der Waals surface area contributed by atoms with Gasteiger partial charge in [0.05, 0.1) is 12.5 Å². The molecule has 2 N–H and O–H groups in total. The van der Waals surface area contributed by atoms with Crippen molar-refractivity contribution >= 4 is 56.3 Å². The number of halogens is 1. The number of H-pyrrole nitrogens is 1. The van der Waals surface area contributed by atoms with Gasteiger partial charge in [0.15, 0.2) is 0 Å². The van der Waals surface area contributed by atoms with Crippen LogP contribution >= 0.6 is 27.7 Å². The van der Waals surface area contributed by atoms with Crippen molar-refractivity contribution in [3.05, 3.63) is 99.7 Å². The van der Waals surface area contributed by atoms with Crippen LogP contribution in [0.25, 0.3) is 10.9 Å². The lowest BCUT2D eigenvalue weighted by atomic mass is 9.90. The molecule has 2 aliphatic rings. The van der Waals surface area contributed by atoms with E-state index in [9.17, 15) is 14.4 Å². The average molecular weight is 660 g/mol. The van der Waals surface area contributed by atoms with Gasteiger partial charge in [-0.2, -0.15) is 0 Å². The molecule has 2 fully saturated rings. The van der Waals surface area contributed by atoms with Crippen molar-refractivity contribution < 1.29 is 14.4 Å². The maximum Gasteiger partial charge on any atom is 0.242 e. The maximum atomic E-state index is 15.0. The van der Waals surface area contributed by atoms with Gasteiger partial charge >= 0.3 is 0 Å². The molecule has 3 amide bonds. The molecular formula is C34H35BrN4O3S. The van der Waals surface area contributed by atoms with Crippen LogP contribution in [0.15, 0.2) is 82.3 Å². The lowest BCUT2D eigenvalue weighted by molar-refractivity contribution is -0.134. The van der Waals surface area contributed by atoms with Crippen LogP contribution in [0.5, 0.6) is 0 Å². The Morgan fingerprint density at radius 1 is 1.05 bits per heavy atom. The summed E-state index contributed by atoms with van der Waals surface area (Å²) in [6.07, 6.45) is 2.74. The molecule has 0 radical (unpaired) electrons. The van der Waals surface area contributed by atoms with E-state index in [1.165, 1.54) is 18.7 Å². The minimum Gasteiger partial charge on any atom is -0.361 e. The van der Waals surface area contributed by atoms with Crippen LogP contribution in [0.2, 0.25) is 0 Å². The molecule has 43 heavy (non-hydrogen) atoms. The second-order valence-corrected chi connectivity index (χ2v) is 14.1. The number of rotatable bonds is 7. The standard InChI is InChI=1S/C34H35BrN4O3S/c1-21-4-11-27(12-5-21)43-34(33(42)38-15-14-26(20-38)37-23(3)40)17-31(41)39(19-24-7-9-25(35)10-8-24)32(34)29-18-36-30-16-22(2)6-13-28(29)30/h4-13,16,18,26,32,36H,14-15,17,19-20H2,1-3H3,(H,37,40)/t26?,32-,34?/m0/s1. The SMILES string of the molecule is CC(=O)NC1CCN(C(=O)C2(Sc3ccc(C)cc3)CC(=O)N(Cc3ccc(Br)cc3)[C@H]2c2c[nH]c3cc(C)ccc23)C1. The van der Waals surface area contributed by atoms with Crippen molar-refractivity contribution in [1.82, 2.24) is 20.1 Å². The van der Waals surface area contributed by atoms with Gasteiger partial charge in [-0.15, -0.1) is 11.8 Å². The number of nitrogens with one attached hydrogen (secondary N) is 2. The first-order chi connectivity index (χ1) is 20.6. The third kappa shape index (κ3) is 5.85. The fourth-order valence-corrected chi connectivity index (χ4v) is 8.19. The third-order valence-corrected chi connectivity index (χ3v) is 10.4. The molecule has 3 atom stereocenters. The van der Waals surface area contributed by atoms with E-state index < -0.39 is 10.8 Å². The number of amides is 3. The Bertz CT molecular complexity index is 1690. The molecule has 2 aliphatic heterocycles. The largest absolute Gasteiger partial charge is 0.361 e. The number of hydrogen-bond acceptors (Lipinski definition) is 4. The minimum absolute atomic E-state index is 0.0556. The fraction of sp³-hybridized carbons (Fsp3) is 0.324. The summed E-state index contributed by atoms with van der Waals surface area (Å²) in [6.45, 7) is 6.93. The molecule has 1 aromatic heterocycles. The van der Waals surface area contributed by atoms with Crippen molar-refractivity contribution in [3.8, 4) is 0 Å². The molecule has 2 saturated heterocycles. The summed E-state index contributed by atoms with van der Waals surface area (Å²) in [5.74, 6) is -0.226. The number of carbonyl (C=O) groups excluding carboxylic acids is 3. The molecule has 2 unspecified atom stereocenters. The predicted octanol–water partition coefficient (Wildman–Crippen LogP) is 6.29. The van der Waals surface area contributed by atoms with E-state index in [-0.39, 0.29) is 30.2 Å². The summed E-state index contributed by atoms with van der Waals surface area (Å²) in [5, 5.41) is 3.99. The van der Waals surface area contributed by atoms with Crippen LogP contribution in [0.3, 0.4) is 0 Å². The summed E-state index contributed by atoms with van der Waals surface area (Å²) in [6, 6.07) is 21.8. The van der Waals surface area contributed by atoms with Gasteiger partial charge in [0.25, 0.3) is 0 Å². The zero-order chi connectivity index (χ0) is 30.3. The number of aromatic amines is 1. The minimum atomic E-state index is -1.12. The van der Waals surface area contributed by atoms with Crippen molar-refractivity contribution in [2.75, 3.05) is 13.1 Å². The van der Waals surface area contributed by atoms with Crippen molar-refractivity contribution in [2.24, 2.45) is 0 Å². The van der Waals surface area contributed by atoms with E-state index in [0.29, 0.717) is 26.1 Å². The Balaban J connectivity index is 1.50. The van der Waals surface area contributed by atoms with Gasteiger partial charge < -0.3 is 20.1 Å². The monoisotopic (exact) mass is 658 g/mol. The molecule has 9 heteroatoms. The lowest BCUT2D eigenvalue weighted by Gasteiger charge is -2.38. The lowest BCUT2D eigenvalue weighted by Crippen LogP contribution is -2.50. The third-order valence-electron chi connectivity index (χ3n) is 8.48. The molecule has 6 rings (SSSR count). The second kappa shape index (κ2) is 11.8. The van der Waals surface area contributed by atoms with Crippen LogP contribution in [0, 0.1) is 13.8 Å². The Morgan fingerprint density at radius 3 is 2.49 bits per heavy atom. The molecule has 3 heterocycles. The maximum absolute atomic E-state index is 15.0. The smallest absolute Gasteiger partial charge is 0.242 e. The summed E-state index contributed by atoms with van der Waals surface area (Å²) in [4.78, 5) is 49.1. The Morgan fingerprint density at radius 2 is 1.77 bits per heavy atom. The van der Waals surface area contributed by atoms with Gasteiger partial charge in [0.2, 0.25) is 17.7 Å². The van der Waals surface area contributed by atoms with Gasteiger partial charge in [-0.25, -0.2) is 0 Å². The number of likely N-dealkylation sites (tertiary alicyclic amines) is 2. The highest BCUT2D eigenvalue weighted by molar-refractivity contribution is 9.10. The number of thioether (sulfide) groups is 1. The zero-order valence-corrected chi connectivity index (χ0v) is 26.9. The molecule has 0 spiro atoms. The number of aryl methyl sites for hydroxylation is 2. The van der Waals surface area contributed by atoms with Crippen molar-refractivity contribution in [3.63, 3.8) is 0 Å². The highest BCUT2D eigenvalue weighted by atomic mass is 79.9. The summed E-state index contributed by atoms with van der Waals surface area (Å²) in [5.41, 5.74) is 5.17. The first kappa shape index (κ1) is 29.5. The normalized spacial score (nSPS) is 22.0. The van der Waals surface area contributed by atoms with E-state index in [2.05, 4.69) is 51.4 Å². The first-order valence-electron chi connectivity index (χ1n) is 14.6. The van der Waals surface area contributed by atoms with Gasteiger partial charge in [0, 0.05) is 64.6 Å². The van der Waals surface area contributed by atoms with Crippen LogP contribution in [-0.2, 0) is 20.9 Å². The molecular weight excluding hydrogens is 624 g/mol. The number of fused-ring (bicyclic) bond motifs is 1. The van der Waals surface area contributed by atoms with E-state index in [1.807, 2.05) is 71.5 Å². The molecule has 222 valence electrons. The fourth-order valence-electron chi connectivity index (χ4n) is 6.45. The van der Waals surface area contributed by atoms with Gasteiger partial charge in [-0.05, 0) is 61.7 Å². The molecule has 0 saturated carbocycles. The number of hydrogen-bond donors (Lipinski definition) is 2. The van der Waals surface area contributed by atoms with Crippen molar-refractivity contribution in [2.45, 2.75) is 61.9 Å². The topological polar surface area (TPSA) is 85.5 Å². The molecule has 4 aromatic rings. The quantitative estimate of drug-likeness (QED) is 0.244. The van der Waals surface area contributed by atoms with E-state index in [0.717, 1.165) is 42.5 Å². The van der Waals surface area contributed by atoms with E-state index >= 15 is 0 Å². The Labute approximate surface area is 264 Å². The van der Waals surface area contributed by atoms with Crippen molar-refractivity contribution in [1.29, 1.82) is 0 Å². The average Bonchev–Trinajstić information content (AvgIpc) is 3.67. The number of nitrogens with zero attached hydrogens (tertiary/aromatic N) is 2. The highest BCUT2D eigenvalue weighted by Crippen LogP contribution is 2.55. The first-order valence-corrected chi connectivity index (χ1v) is 16.2. The van der Waals surface area contributed by atoms with Crippen LogP contribution < -0.4 is 5.32 Å². The summed E-state index contributed by atoms with van der Waals surface area (Å²) < 4.78 is -0.151. The summed E-state index contributed by atoms with van der Waals surface area (Å²) in [7, 11) is 0. The number of aromatic nitrogens is 1. The van der Waals surface area contributed by atoms with E-state index in [1.54, 1.807) is 0 Å². The Kier molecular flexibility index (Phi) is 8.13. The van der Waals surface area contributed by atoms with Crippen LogP contribution in [0.4, 0.5) is 0 Å². The molecule has 7 nitrogen and oxygen atoms in total. The number of benzene rings is 3. The molecule has 3 aromatic carbocycles. The van der Waals surface area contributed by atoms with E-state index in [4.69, 9.17) is 0 Å². The second-order valence-electron chi connectivity index (χ2n) is 11.8. The predicted molar refractivity (Wildman–Crippen MR) is 174 cm³/mol. The summed E-state index contributed by atoms with van der Waals surface area (Å²) >= 11 is 5.01. The highest BCUT2D eigenvalue weighted by Gasteiger charge is 2.60. The molecule has 0 aliphatic carbocycles. The van der Waals surface area contributed by atoms with Gasteiger partial charge in [0.1, 0.15) is 4.75 Å². The Hall–Kier alpha value is -3.56. The number of carbonyl (C=O) groups is 3. The van der Waals surface area contributed by atoms with Crippen LogP contribution in [-0.4, -0.2) is 56.4 Å². The zero-order valence-electron chi connectivity index (χ0n) is 24.5. The molecule has 0 bridgehead atoms. The van der Waals surface area contributed by atoms with Gasteiger partial charge in [-0.1, -0.05) is 57.9 Å².